The number of nitrogens with zero attached hydrogens (tertiary/aromatic N) is 2. The van der Waals surface area contributed by atoms with E-state index in [0.717, 1.165) is 16.3 Å². The molecule has 0 spiro atoms. The fraction of sp³-hybridized carbons (Fsp3) is 0.727. The molecule has 0 rings (SSSR count). The fourth-order valence-corrected chi connectivity index (χ4v) is 2.69. The van der Waals surface area contributed by atoms with Gasteiger partial charge in [-0.15, -0.1) is 11.8 Å². The number of ether oxygens (including phenoxy) is 1. The van der Waals surface area contributed by atoms with Gasteiger partial charge in [0.2, 0.25) is 0 Å². The molecular formula is C11H18N2O3S2. The van der Waals surface area contributed by atoms with E-state index in [9.17, 15) is 9.59 Å². The minimum absolute atomic E-state index is 0.0384. The van der Waals surface area contributed by atoms with Gasteiger partial charge in [-0.1, -0.05) is 27.7 Å². The SMILES string of the molecule is COC(=O)N(SC(C)C)C(=O)C(C#N)SC(C)C. The molecule has 0 aliphatic rings. The van der Waals surface area contributed by atoms with Gasteiger partial charge in [-0.25, -0.2) is 4.79 Å². The Morgan fingerprint density at radius 3 is 2.11 bits per heavy atom. The van der Waals surface area contributed by atoms with E-state index in [-0.39, 0.29) is 10.5 Å². The van der Waals surface area contributed by atoms with Crippen LogP contribution in [-0.2, 0) is 9.53 Å². The highest BCUT2D eigenvalue weighted by Crippen LogP contribution is 2.25. The second-order valence-corrected chi connectivity index (χ2v) is 7.16. The highest BCUT2D eigenvalue weighted by atomic mass is 32.2. The molecule has 0 bridgehead atoms. The van der Waals surface area contributed by atoms with E-state index in [1.807, 2.05) is 33.8 Å². The van der Waals surface area contributed by atoms with Crippen LogP contribution < -0.4 is 0 Å². The summed E-state index contributed by atoms with van der Waals surface area (Å²) < 4.78 is 5.49. The van der Waals surface area contributed by atoms with Crippen LogP contribution in [0.1, 0.15) is 27.7 Å². The third-order valence-corrected chi connectivity index (χ3v) is 3.69. The Morgan fingerprint density at radius 2 is 1.78 bits per heavy atom. The Hall–Kier alpha value is -0.870. The van der Waals surface area contributed by atoms with Crippen LogP contribution in [0.4, 0.5) is 4.79 Å². The number of hydrogen-bond donors (Lipinski definition) is 0. The Balaban J connectivity index is 4.93. The summed E-state index contributed by atoms with van der Waals surface area (Å²) in [5, 5.41) is 8.28. The molecule has 0 aromatic carbocycles. The van der Waals surface area contributed by atoms with Gasteiger partial charge in [-0.2, -0.15) is 9.57 Å². The third kappa shape index (κ3) is 5.65. The molecule has 0 N–H and O–H groups in total. The molecule has 1 atom stereocenters. The standard InChI is InChI=1S/C11H18N2O3S2/c1-7(2)17-9(6-12)10(14)13(11(15)16-5)18-8(3)4/h7-9H,1-5H3. The van der Waals surface area contributed by atoms with Crippen molar-refractivity contribution in [2.24, 2.45) is 0 Å². The van der Waals surface area contributed by atoms with E-state index >= 15 is 0 Å². The first kappa shape index (κ1) is 17.1. The molecule has 7 heteroatoms. The van der Waals surface area contributed by atoms with Gasteiger partial charge in [0.1, 0.15) is 0 Å². The normalized spacial score (nSPS) is 12.1. The number of carbonyl (C=O) groups is 2. The van der Waals surface area contributed by atoms with Gasteiger partial charge in [0.05, 0.1) is 13.2 Å². The molecule has 0 heterocycles. The third-order valence-electron chi connectivity index (χ3n) is 1.61. The van der Waals surface area contributed by atoms with Crippen molar-refractivity contribution in [1.82, 2.24) is 4.31 Å². The molecule has 0 aliphatic heterocycles. The topological polar surface area (TPSA) is 70.4 Å². The summed E-state index contributed by atoms with van der Waals surface area (Å²) in [6.45, 7) is 7.48. The Morgan fingerprint density at radius 1 is 1.22 bits per heavy atom. The van der Waals surface area contributed by atoms with Crippen LogP contribution >= 0.6 is 23.7 Å². The average Bonchev–Trinajstić information content (AvgIpc) is 2.30. The minimum Gasteiger partial charge on any atom is -0.452 e. The summed E-state index contributed by atoms with van der Waals surface area (Å²) in [5.74, 6) is -0.540. The lowest BCUT2D eigenvalue weighted by atomic mass is 10.4. The zero-order valence-corrected chi connectivity index (χ0v) is 12.8. The summed E-state index contributed by atoms with van der Waals surface area (Å²) in [5.41, 5.74) is 0. The van der Waals surface area contributed by atoms with Crippen molar-refractivity contribution in [3.8, 4) is 6.07 Å². The number of methoxy groups -OCH3 is 1. The predicted octanol–water partition coefficient (Wildman–Crippen LogP) is 2.67. The highest BCUT2D eigenvalue weighted by molar-refractivity contribution is 8.02. The smallest absolute Gasteiger partial charge is 0.426 e. The highest BCUT2D eigenvalue weighted by Gasteiger charge is 2.32. The van der Waals surface area contributed by atoms with Crippen LogP contribution in [0.25, 0.3) is 0 Å². The van der Waals surface area contributed by atoms with E-state index in [1.54, 1.807) is 0 Å². The van der Waals surface area contributed by atoms with Gasteiger partial charge in [-0.05, 0) is 11.9 Å². The van der Waals surface area contributed by atoms with Crippen molar-refractivity contribution in [2.45, 2.75) is 43.4 Å². The monoisotopic (exact) mass is 290 g/mol. The second-order valence-electron chi connectivity index (χ2n) is 3.95. The van der Waals surface area contributed by atoms with Crippen molar-refractivity contribution < 1.29 is 14.3 Å². The predicted molar refractivity (Wildman–Crippen MR) is 74.1 cm³/mol. The van der Waals surface area contributed by atoms with Gasteiger partial charge in [0.25, 0.3) is 5.91 Å². The Labute approximate surface area is 116 Å². The number of imide groups is 1. The largest absolute Gasteiger partial charge is 0.452 e. The molecule has 0 saturated heterocycles. The lowest BCUT2D eigenvalue weighted by molar-refractivity contribution is -0.123. The lowest BCUT2D eigenvalue weighted by Gasteiger charge is -2.22. The lowest BCUT2D eigenvalue weighted by Crippen LogP contribution is -2.38. The van der Waals surface area contributed by atoms with Crippen LogP contribution in [-0.4, -0.2) is 39.2 Å². The molecule has 0 aromatic heterocycles. The fourth-order valence-electron chi connectivity index (χ4n) is 1.00. The van der Waals surface area contributed by atoms with Gasteiger partial charge in [0, 0.05) is 10.5 Å². The summed E-state index contributed by atoms with van der Waals surface area (Å²) in [4.78, 5) is 23.6. The first-order chi connectivity index (χ1) is 8.33. The summed E-state index contributed by atoms with van der Waals surface area (Å²) in [7, 11) is 1.21. The maximum absolute atomic E-state index is 12.1. The van der Waals surface area contributed by atoms with Gasteiger partial charge < -0.3 is 4.74 Å². The number of thioether (sulfide) groups is 1. The van der Waals surface area contributed by atoms with Crippen molar-refractivity contribution in [2.75, 3.05) is 7.11 Å². The molecule has 0 radical (unpaired) electrons. The first-order valence-electron chi connectivity index (χ1n) is 5.47. The number of hydrogen-bond acceptors (Lipinski definition) is 6. The second kappa shape index (κ2) is 8.27. The van der Waals surface area contributed by atoms with Crippen LogP contribution in [0.2, 0.25) is 0 Å². The maximum Gasteiger partial charge on any atom is 0.426 e. The maximum atomic E-state index is 12.1. The zero-order valence-electron chi connectivity index (χ0n) is 11.2. The van der Waals surface area contributed by atoms with Crippen LogP contribution in [0.5, 0.6) is 0 Å². The molecule has 102 valence electrons. The van der Waals surface area contributed by atoms with Gasteiger partial charge >= 0.3 is 6.09 Å². The van der Waals surface area contributed by atoms with Crippen molar-refractivity contribution >= 4 is 35.7 Å². The molecular weight excluding hydrogens is 272 g/mol. The van der Waals surface area contributed by atoms with Crippen molar-refractivity contribution in [3.63, 3.8) is 0 Å². The van der Waals surface area contributed by atoms with E-state index in [4.69, 9.17) is 5.26 Å². The quantitative estimate of drug-likeness (QED) is 0.725. The Bertz CT molecular complexity index is 340. The minimum atomic E-state index is -0.893. The molecule has 0 fully saturated rings. The first-order valence-corrected chi connectivity index (χ1v) is 7.25. The van der Waals surface area contributed by atoms with Gasteiger partial charge in [0.15, 0.2) is 5.25 Å². The summed E-state index contributed by atoms with van der Waals surface area (Å²) in [6.07, 6.45) is -0.747. The molecule has 2 amide bonds. The van der Waals surface area contributed by atoms with E-state index in [1.165, 1.54) is 18.9 Å². The molecule has 5 nitrogen and oxygen atoms in total. The summed E-state index contributed by atoms with van der Waals surface area (Å²) in [6, 6.07) is 1.92. The average molecular weight is 290 g/mol. The number of amides is 2. The number of carbonyl (C=O) groups excluding carboxylic acids is 2. The molecule has 18 heavy (non-hydrogen) atoms. The van der Waals surface area contributed by atoms with Crippen LogP contribution in [0, 0.1) is 11.3 Å². The van der Waals surface area contributed by atoms with Crippen molar-refractivity contribution in [1.29, 1.82) is 5.26 Å². The Kier molecular flexibility index (Phi) is 7.87. The molecule has 0 aliphatic carbocycles. The van der Waals surface area contributed by atoms with E-state index in [0.29, 0.717) is 0 Å². The van der Waals surface area contributed by atoms with E-state index in [2.05, 4.69) is 4.74 Å². The van der Waals surface area contributed by atoms with Crippen LogP contribution in [0.3, 0.4) is 0 Å². The number of rotatable bonds is 5. The van der Waals surface area contributed by atoms with Gasteiger partial charge in [-0.3, -0.25) is 4.79 Å². The summed E-state index contributed by atoms with van der Waals surface area (Å²) >= 11 is 2.27. The number of nitriles is 1. The molecule has 0 saturated carbocycles. The van der Waals surface area contributed by atoms with E-state index < -0.39 is 17.3 Å². The zero-order chi connectivity index (χ0) is 14.3. The van der Waals surface area contributed by atoms with Crippen LogP contribution in [0.15, 0.2) is 0 Å². The van der Waals surface area contributed by atoms with Crippen molar-refractivity contribution in [3.05, 3.63) is 0 Å². The molecule has 1 unspecified atom stereocenters. The molecule has 0 aromatic rings.